The normalized spacial score (nSPS) is 11.7. The number of ether oxygens (including phenoxy) is 2. The number of fused-ring (bicyclic) bond motifs is 3. The van der Waals surface area contributed by atoms with Crippen molar-refractivity contribution in [2.24, 2.45) is 0 Å². The van der Waals surface area contributed by atoms with E-state index in [-0.39, 0.29) is 17.0 Å². The quantitative estimate of drug-likeness (QED) is 0.279. The van der Waals surface area contributed by atoms with Crippen LogP contribution in [0, 0.1) is 11.3 Å². The first-order valence-corrected chi connectivity index (χ1v) is 14.2. The summed E-state index contributed by atoms with van der Waals surface area (Å²) in [6, 6.07) is 14.0. The van der Waals surface area contributed by atoms with E-state index in [0.29, 0.717) is 46.3 Å². The van der Waals surface area contributed by atoms with Gasteiger partial charge in [0, 0.05) is 40.1 Å². The maximum atomic E-state index is 13.7. The summed E-state index contributed by atoms with van der Waals surface area (Å²) in [4.78, 5) is 45.1. The Bertz CT molecular complexity index is 1670. The number of nitrogens with zero attached hydrogens (tertiary/aromatic N) is 2. The minimum atomic E-state index is -0.750. The van der Waals surface area contributed by atoms with Gasteiger partial charge in [0.15, 0.2) is 5.69 Å². The molecule has 1 aliphatic heterocycles. The predicted octanol–water partition coefficient (Wildman–Crippen LogP) is 5.52. The van der Waals surface area contributed by atoms with E-state index in [1.165, 1.54) is 13.2 Å². The van der Waals surface area contributed by atoms with Gasteiger partial charge in [0.1, 0.15) is 22.4 Å². The molecule has 0 unspecified atom stereocenters. The van der Waals surface area contributed by atoms with Gasteiger partial charge in [-0.05, 0) is 59.8 Å². The molecule has 2 amide bonds. The smallest absolute Gasteiger partial charge is 0.357 e. The van der Waals surface area contributed by atoms with Gasteiger partial charge in [0.2, 0.25) is 0 Å². The number of carbonyl (C=O) groups excluding carboxylic acids is 3. The lowest BCUT2D eigenvalue weighted by Crippen LogP contribution is -2.26. The van der Waals surface area contributed by atoms with Crippen molar-refractivity contribution < 1.29 is 23.9 Å². The van der Waals surface area contributed by atoms with Crippen LogP contribution < -0.4 is 15.4 Å². The Kier molecular flexibility index (Phi) is 7.91. The lowest BCUT2D eigenvalue weighted by atomic mass is 9.93. The Labute approximate surface area is 238 Å². The first-order chi connectivity index (χ1) is 19.4. The van der Waals surface area contributed by atoms with Crippen LogP contribution in [-0.4, -0.2) is 43.0 Å². The molecule has 2 N–H and O–H groups in total. The fraction of sp³-hybridized carbons (Fsp3) is 0.207. The van der Waals surface area contributed by atoms with Crippen LogP contribution >= 0.6 is 22.7 Å². The lowest BCUT2D eigenvalue weighted by molar-refractivity contribution is 0.0594. The van der Waals surface area contributed by atoms with Crippen molar-refractivity contribution in [3.05, 3.63) is 75.2 Å². The van der Waals surface area contributed by atoms with E-state index >= 15 is 0 Å². The number of methoxy groups -OCH3 is 1. The average molecular weight is 573 g/mol. The molecule has 9 nitrogen and oxygen atoms in total. The van der Waals surface area contributed by atoms with E-state index in [4.69, 9.17) is 9.47 Å². The average Bonchev–Trinajstić information content (AvgIpc) is 3.60. The van der Waals surface area contributed by atoms with Gasteiger partial charge in [-0.15, -0.1) is 22.7 Å². The van der Waals surface area contributed by atoms with Gasteiger partial charge in [0.05, 0.1) is 18.7 Å². The zero-order valence-electron chi connectivity index (χ0n) is 21.7. The molecule has 1 aliphatic rings. The van der Waals surface area contributed by atoms with Crippen LogP contribution in [0.25, 0.3) is 21.6 Å². The Morgan fingerprint density at radius 1 is 1.10 bits per heavy atom. The molecule has 0 bridgehead atoms. The van der Waals surface area contributed by atoms with E-state index in [2.05, 4.69) is 21.7 Å². The number of nitriles is 1. The van der Waals surface area contributed by atoms with Gasteiger partial charge in [-0.25, -0.2) is 9.78 Å². The second-order valence-corrected chi connectivity index (χ2v) is 10.8. The number of amides is 2. The number of benzene rings is 1. The van der Waals surface area contributed by atoms with Crippen LogP contribution in [0.1, 0.15) is 55.1 Å². The number of pyridine rings is 1. The number of thiophene rings is 2. The molecule has 40 heavy (non-hydrogen) atoms. The highest BCUT2D eigenvalue weighted by Crippen LogP contribution is 2.43. The summed E-state index contributed by atoms with van der Waals surface area (Å²) in [7, 11) is 1.23. The van der Waals surface area contributed by atoms with E-state index in [9.17, 15) is 19.6 Å². The largest absolute Gasteiger partial charge is 0.493 e. The van der Waals surface area contributed by atoms with Crippen LogP contribution in [0.3, 0.4) is 0 Å². The van der Waals surface area contributed by atoms with Crippen LogP contribution in [0.2, 0.25) is 0 Å². The zero-order chi connectivity index (χ0) is 28.2. The zero-order valence-corrected chi connectivity index (χ0v) is 23.3. The molecule has 5 rings (SSSR count). The standard InChI is InChI=1S/C29H24N4O5S2/c1-3-10-31-28(35)22-6-5-18(25(32-22)29(36)37-2)19-14-23-21(26-16(8-11-38-23)9-12-39-26)13-20(19)27(34)33-24-7-4-17(15-30)40-24/h4-7,9,12-14H,3,8,10-11H2,1-2H3,(H,31,35)(H,33,34). The first kappa shape index (κ1) is 27.1. The summed E-state index contributed by atoms with van der Waals surface area (Å²) in [6.45, 7) is 2.84. The highest BCUT2D eigenvalue weighted by atomic mass is 32.1. The molecule has 11 heteroatoms. The SMILES string of the molecule is CCCNC(=O)c1ccc(-c2cc3c(cc2C(=O)Nc2ccc(C#N)s2)-c2sccc2CCO3)c(C(=O)OC)n1. The van der Waals surface area contributed by atoms with Crippen molar-refractivity contribution in [2.45, 2.75) is 19.8 Å². The number of nitrogens with one attached hydrogen (secondary N) is 2. The van der Waals surface area contributed by atoms with E-state index in [0.717, 1.165) is 33.8 Å². The third-order valence-corrected chi connectivity index (χ3v) is 8.17. The Hall–Kier alpha value is -4.53. The van der Waals surface area contributed by atoms with Gasteiger partial charge in [-0.3, -0.25) is 9.59 Å². The number of rotatable bonds is 7. The third kappa shape index (κ3) is 5.32. The monoisotopic (exact) mass is 572 g/mol. The molecule has 3 aromatic heterocycles. The van der Waals surface area contributed by atoms with Crippen molar-refractivity contribution in [1.29, 1.82) is 5.26 Å². The second-order valence-electron chi connectivity index (χ2n) is 8.84. The number of hydrogen-bond donors (Lipinski definition) is 2. The topological polar surface area (TPSA) is 130 Å². The molecular weight excluding hydrogens is 548 g/mol. The summed E-state index contributed by atoms with van der Waals surface area (Å²) < 4.78 is 11.1. The van der Waals surface area contributed by atoms with Crippen molar-refractivity contribution in [3.8, 4) is 33.4 Å². The summed E-state index contributed by atoms with van der Waals surface area (Å²) >= 11 is 2.72. The fourth-order valence-electron chi connectivity index (χ4n) is 4.36. The van der Waals surface area contributed by atoms with E-state index in [1.54, 1.807) is 41.7 Å². The van der Waals surface area contributed by atoms with Crippen LogP contribution in [0.5, 0.6) is 5.75 Å². The highest BCUT2D eigenvalue weighted by molar-refractivity contribution is 7.16. The van der Waals surface area contributed by atoms with Crippen molar-refractivity contribution in [1.82, 2.24) is 10.3 Å². The second kappa shape index (κ2) is 11.7. The molecule has 0 aliphatic carbocycles. The molecule has 0 atom stereocenters. The first-order valence-electron chi connectivity index (χ1n) is 12.5. The molecule has 202 valence electrons. The van der Waals surface area contributed by atoms with Gasteiger partial charge in [-0.2, -0.15) is 5.26 Å². The summed E-state index contributed by atoms with van der Waals surface area (Å²) in [5.41, 5.74) is 2.82. The third-order valence-electron chi connectivity index (χ3n) is 6.27. The summed E-state index contributed by atoms with van der Waals surface area (Å²) in [5.74, 6) is -1.04. The number of anilines is 1. The minimum absolute atomic E-state index is 0.0560. The highest BCUT2D eigenvalue weighted by Gasteiger charge is 2.27. The maximum Gasteiger partial charge on any atom is 0.357 e. The molecule has 0 fully saturated rings. The number of carbonyl (C=O) groups is 3. The number of hydrogen-bond acceptors (Lipinski definition) is 9. The fourth-order valence-corrected chi connectivity index (χ4v) is 6.03. The van der Waals surface area contributed by atoms with E-state index < -0.39 is 17.8 Å². The van der Waals surface area contributed by atoms with Gasteiger partial charge in [-0.1, -0.05) is 6.92 Å². The molecule has 0 radical (unpaired) electrons. The van der Waals surface area contributed by atoms with Crippen molar-refractivity contribution >= 4 is 45.5 Å². The molecule has 4 heterocycles. The number of aromatic nitrogens is 1. The van der Waals surface area contributed by atoms with E-state index in [1.807, 2.05) is 18.4 Å². The Balaban J connectivity index is 1.68. The summed E-state index contributed by atoms with van der Waals surface area (Å²) in [5, 5.41) is 17.3. The molecule has 1 aromatic carbocycles. The van der Waals surface area contributed by atoms with Crippen molar-refractivity contribution in [2.75, 3.05) is 25.6 Å². The van der Waals surface area contributed by atoms with Gasteiger partial charge < -0.3 is 20.1 Å². The Morgan fingerprint density at radius 3 is 2.70 bits per heavy atom. The number of esters is 1. The van der Waals surface area contributed by atoms with Gasteiger partial charge in [0.25, 0.3) is 11.8 Å². The molecule has 0 saturated carbocycles. The molecular formula is C29H24N4O5S2. The minimum Gasteiger partial charge on any atom is -0.493 e. The molecule has 0 saturated heterocycles. The van der Waals surface area contributed by atoms with Crippen LogP contribution in [0.15, 0.2) is 47.8 Å². The molecule has 0 spiro atoms. The molecule has 4 aromatic rings. The Morgan fingerprint density at radius 2 is 1.95 bits per heavy atom. The van der Waals surface area contributed by atoms with Crippen molar-refractivity contribution in [3.63, 3.8) is 0 Å². The maximum absolute atomic E-state index is 13.7. The van der Waals surface area contributed by atoms with Crippen LogP contribution in [-0.2, 0) is 11.2 Å². The lowest BCUT2D eigenvalue weighted by Gasteiger charge is -2.17. The van der Waals surface area contributed by atoms with Gasteiger partial charge >= 0.3 is 5.97 Å². The summed E-state index contributed by atoms with van der Waals surface area (Å²) in [6.07, 6.45) is 1.46. The predicted molar refractivity (Wildman–Crippen MR) is 153 cm³/mol. The van der Waals surface area contributed by atoms with Crippen LogP contribution in [0.4, 0.5) is 5.00 Å².